The Balaban J connectivity index is 1.03. The number of nitrogens with zero attached hydrogens (tertiary/aromatic N) is 13. The molecule has 0 radical (unpaired) electrons. The number of terminal acetylenes is 1. The second-order valence-electron chi connectivity index (χ2n) is 18.8. The molecule has 2 fully saturated rings. The van der Waals surface area contributed by atoms with E-state index in [1.165, 1.54) is 4.68 Å². The Labute approximate surface area is 441 Å². The van der Waals surface area contributed by atoms with Gasteiger partial charge < -0.3 is 65.9 Å². The van der Waals surface area contributed by atoms with E-state index in [-0.39, 0.29) is 67.8 Å². The first-order valence-corrected chi connectivity index (χ1v) is 25.7. The Morgan fingerprint density at radius 2 is 1.20 bits per heavy atom. The molecule has 76 heavy (non-hydrogen) atoms. The van der Waals surface area contributed by atoms with E-state index in [0.29, 0.717) is 121 Å². The van der Waals surface area contributed by atoms with Gasteiger partial charge in [-0.2, -0.15) is 15.0 Å². The molecule has 5 aromatic rings. The number of anilines is 3. The van der Waals surface area contributed by atoms with Gasteiger partial charge in [0.1, 0.15) is 30.2 Å². The molecule has 3 aromatic heterocycles. The monoisotopic (exact) mass is 1050 g/mol. The number of carboxylic acids is 1. The van der Waals surface area contributed by atoms with Crippen molar-refractivity contribution in [2.24, 2.45) is 17.4 Å². The van der Waals surface area contributed by atoms with E-state index in [4.69, 9.17) is 47.1 Å². The summed E-state index contributed by atoms with van der Waals surface area (Å²) in [6, 6.07) is 10.8. The predicted molar refractivity (Wildman–Crippen MR) is 279 cm³/mol. The zero-order chi connectivity index (χ0) is 54.0. The van der Waals surface area contributed by atoms with E-state index in [0.717, 1.165) is 17.5 Å². The largest absolute Gasteiger partial charge is 0.508 e. The Bertz CT molecular complexity index is 2670. The number of aromatic nitrogens is 9. The van der Waals surface area contributed by atoms with Crippen molar-refractivity contribution < 1.29 is 43.9 Å². The number of carboxylic acid groups (broad SMARTS) is 1. The van der Waals surface area contributed by atoms with Gasteiger partial charge in [0.05, 0.1) is 68.9 Å². The van der Waals surface area contributed by atoms with Gasteiger partial charge in [-0.15, -0.1) is 16.6 Å². The average molecular weight is 1050 g/mol. The fourth-order valence-corrected chi connectivity index (χ4v) is 8.72. The summed E-state index contributed by atoms with van der Waals surface area (Å²) in [4.78, 5) is 62.6. The number of phenols is 2. The van der Waals surface area contributed by atoms with Gasteiger partial charge in [-0.05, 0) is 54.2 Å². The number of carbonyl (C=O) groups excluding carboxylic acids is 2. The number of benzene rings is 2. The number of hydrogen-bond acceptors (Lipinski definition) is 20. The first kappa shape index (κ1) is 56.2. The Morgan fingerprint density at radius 1 is 0.697 bits per heavy atom. The maximum atomic E-state index is 14.5. The van der Waals surface area contributed by atoms with E-state index < -0.39 is 24.1 Å². The molecule has 7 rings (SSSR count). The van der Waals surface area contributed by atoms with E-state index in [9.17, 15) is 29.7 Å². The minimum absolute atomic E-state index is 0.0124. The highest BCUT2D eigenvalue weighted by atomic mass is 16.5. The molecule has 0 bridgehead atoms. The van der Waals surface area contributed by atoms with Gasteiger partial charge in [0.15, 0.2) is 0 Å². The van der Waals surface area contributed by atoms with Crippen molar-refractivity contribution in [2.45, 2.75) is 70.1 Å². The summed E-state index contributed by atoms with van der Waals surface area (Å²) in [6.07, 6.45) is 9.85. The van der Waals surface area contributed by atoms with Crippen molar-refractivity contribution in [3.05, 3.63) is 83.4 Å². The van der Waals surface area contributed by atoms with Crippen molar-refractivity contribution in [1.82, 2.24) is 54.7 Å². The van der Waals surface area contributed by atoms with Gasteiger partial charge in [0.25, 0.3) is 0 Å². The first-order valence-electron chi connectivity index (χ1n) is 25.7. The number of aromatic hydroxyl groups is 2. The fraction of sp³-hybridized carbons (Fsp3) is 0.529. The quantitative estimate of drug-likeness (QED) is 0.0307. The van der Waals surface area contributed by atoms with Crippen LogP contribution in [0.1, 0.15) is 79.8 Å². The van der Waals surface area contributed by atoms with Crippen LogP contribution in [0.2, 0.25) is 0 Å². The van der Waals surface area contributed by atoms with Crippen LogP contribution in [-0.4, -0.2) is 186 Å². The lowest BCUT2D eigenvalue weighted by molar-refractivity contribution is -0.139. The number of carbonyl (C=O) groups is 3. The molecular formula is C51H70N16O9. The zero-order valence-electron chi connectivity index (χ0n) is 43.1. The van der Waals surface area contributed by atoms with Gasteiger partial charge in [0, 0.05) is 71.7 Å². The number of ether oxygens (including phenoxy) is 3. The highest BCUT2D eigenvalue weighted by Crippen LogP contribution is 2.27. The molecule has 2 aromatic carbocycles. The summed E-state index contributed by atoms with van der Waals surface area (Å²) < 4.78 is 19.5. The van der Waals surface area contributed by atoms with Crippen LogP contribution in [0.15, 0.2) is 60.9 Å². The molecule has 408 valence electrons. The van der Waals surface area contributed by atoms with Crippen LogP contribution in [0.3, 0.4) is 0 Å². The van der Waals surface area contributed by atoms with E-state index in [2.05, 4.69) is 45.7 Å². The second-order valence-corrected chi connectivity index (χ2v) is 18.8. The molecule has 25 nitrogen and oxygen atoms in total. The number of rotatable bonds is 28. The number of piperazine rings is 2. The topological polar surface area (TPSA) is 317 Å². The van der Waals surface area contributed by atoms with Crippen LogP contribution in [0.5, 0.6) is 11.5 Å². The summed E-state index contributed by atoms with van der Waals surface area (Å²) >= 11 is 0. The number of nitrogens with two attached hydrogens (primary N) is 2. The molecule has 2 amide bonds. The number of nitrogens with one attached hydrogen (secondary N) is 1. The van der Waals surface area contributed by atoms with Gasteiger partial charge in [0.2, 0.25) is 29.7 Å². The van der Waals surface area contributed by atoms with Gasteiger partial charge in [-0.1, -0.05) is 60.9 Å². The van der Waals surface area contributed by atoms with Gasteiger partial charge >= 0.3 is 5.97 Å². The maximum absolute atomic E-state index is 14.5. The minimum Gasteiger partial charge on any atom is -0.508 e. The lowest BCUT2D eigenvalue weighted by Crippen LogP contribution is -2.52. The molecule has 2 unspecified atom stereocenters. The van der Waals surface area contributed by atoms with Crippen LogP contribution in [0, 0.1) is 18.3 Å². The zero-order valence-corrected chi connectivity index (χ0v) is 43.1. The van der Waals surface area contributed by atoms with E-state index in [1.807, 2.05) is 9.80 Å². The molecule has 2 saturated heterocycles. The highest BCUT2D eigenvalue weighted by Gasteiger charge is 2.34. The molecular weight excluding hydrogens is 981 g/mol. The normalized spacial score (nSPS) is 15.9. The van der Waals surface area contributed by atoms with Crippen LogP contribution < -0.4 is 26.6 Å². The van der Waals surface area contributed by atoms with Crippen molar-refractivity contribution in [2.75, 3.05) is 114 Å². The van der Waals surface area contributed by atoms with Crippen molar-refractivity contribution in [3.63, 3.8) is 0 Å². The summed E-state index contributed by atoms with van der Waals surface area (Å²) in [6.45, 7) is 9.38. The van der Waals surface area contributed by atoms with Crippen LogP contribution in [0.4, 0.5) is 17.8 Å². The third-order valence-electron chi connectivity index (χ3n) is 13.5. The van der Waals surface area contributed by atoms with Crippen LogP contribution in [-0.2, 0) is 41.4 Å². The Morgan fingerprint density at radius 3 is 1.75 bits per heavy atom. The van der Waals surface area contributed by atoms with Crippen molar-refractivity contribution in [1.29, 1.82) is 0 Å². The number of hydrogen-bond donors (Lipinski definition) is 6. The summed E-state index contributed by atoms with van der Waals surface area (Å²) in [5.74, 6) is 2.44. The maximum Gasteiger partial charge on any atom is 0.303 e. The van der Waals surface area contributed by atoms with E-state index in [1.54, 1.807) is 75.4 Å². The van der Waals surface area contributed by atoms with E-state index >= 15 is 0 Å². The lowest BCUT2D eigenvalue weighted by Gasteiger charge is -2.38. The molecule has 5 atom stereocenters. The number of aliphatic carboxylic acids is 1. The standard InChI is InChI=1S/C51H70N16O9/c1-4-25-74-27-29-76-30-28-75-26-16-54-49-55-50(64-21-17-62(18-22-64)47(72)43(14-15-45(70)71)66-33-41(58-60-66)40(52)31-36-6-10-38(68)11-7-36)57-51(56-49)65-23-19-63(20-24-65)48(73)44(32-37-8-12-39(69)13-9-37)67-34-42(59-61-67)46(53)35(3)5-2/h1,6-13,33-35,40,43-44,46,68-69H,5,14-32,52-53H2,2-3H3,(H,70,71)(H,54,55,56,57)/t35-,40?,43+,44-,46?/m1/s1. The van der Waals surface area contributed by atoms with Gasteiger partial charge in [-0.3, -0.25) is 14.4 Å². The van der Waals surface area contributed by atoms with Crippen LogP contribution >= 0.6 is 0 Å². The minimum atomic E-state index is -1.05. The predicted octanol–water partition coefficient (Wildman–Crippen LogP) is 1.74. The fourth-order valence-electron chi connectivity index (χ4n) is 8.72. The first-order chi connectivity index (χ1) is 36.8. The molecule has 0 spiro atoms. The van der Waals surface area contributed by atoms with Crippen molar-refractivity contribution in [3.8, 4) is 23.8 Å². The SMILES string of the molecule is C#CCOCCOCCOCCNc1nc(N2CCN(C(=O)[C@@H](Cc3ccc(O)cc3)n3cc(C(N)[C@H](C)CC)nn3)CC2)nc(N2CCN(C(=O)[C@H](CCC(=O)O)n3cc(C(N)Cc4ccc(O)cc4)nn3)CC2)n1. The Kier molecular flexibility index (Phi) is 20.6. The number of phenolic OH excluding ortho intramolecular Hbond substituents is 2. The third-order valence-corrected chi connectivity index (χ3v) is 13.5. The second kappa shape index (κ2) is 27.9. The molecule has 5 heterocycles. The molecule has 0 saturated carbocycles. The third kappa shape index (κ3) is 15.8. The molecule has 2 aliphatic heterocycles. The molecule has 25 heteroatoms. The molecule has 0 aliphatic carbocycles. The number of amides is 2. The summed E-state index contributed by atoms with van der Waals surface area (Å²) in [5.41, 5.74) is 15.8. The molecule has 2 aliphatic rings. The average Bonchev–Trinajstić information content (AvgIpc) is 4.14. The summed E-state index contributed by atoms with van der Waals surface area (Å²) in [5, 5.41) is 49.8. The Hall–Kier alpha value is -7.50. The van der Waals surface area contributed by atoms with Crippen LogP contribution in [0.25, 0.3) is 0 Å². The summed E-state index contributed by atoms with van der Waals surface area (Å²) in [7, 11) is 0. The smallest absolute Gasteiger partial charge is 0.303 e. The lowest BCUT2D eigenvalue weighted by atomic mass is 9.98. The molecule has 8 N–H and O–H groups in total. The highest BCUT2D eigenvalue weighted by molar-refractivity contribution is 5.82. The van der Waals surface area contributed by atoms with Crippen molar-refractivity contribution >= 4 is 35.6 Å². The van der Waals surface area contributed by atoms with Gasteiger partial charge in [-0.25, -0.2) is 9.36 Å².